The second kappa shape index (κ2) is 9.46. The van der Waals surface area contributed by atoms with E-state index in [0.29, 0.717) is 16.8 Å². The molecule has 194 valence electrons. The number of Topliss-reactive ketones (excluding diaryl/α,β-unsaturated/α-hetero) is 1. The second-order valence-electron chi connectivity index (χ2n) is 8.35. The lowest BCUT2D eigenvalue weighted by Crippen LogP contribution is -2.62. The number of carbonyl (C=O) groups is 1. The van der Waals surface area contributed by atoms with Crippen LogP contribution in [0.15, 0.2) is 72.0 Å². The van der Waals surface area contributed by atoms with E-state index in [9.17, 15) is 36.2 Å². The molecule has 0 spiro atoms. The number of rotatable bonds is 5. The lowest BCUT2D eigenvalue weighted by Gasteiger charge is -2.32. The minimum absolute atomic E-state index is 0.0278. The van der Waals surface area contributed by atoms with Crippen molar-refractivity contribution in [1.82, 2.24) is 4.98 Å². The van der Waals surface area contributed by atoms with Crippen molar-refractivity contribution in [2.24, 2.45) is 5.10 Å². The van der Waals surface area contributed by atoms with Gasteiger partial charge in [0.05, 0.1) is 28.2 Å². The molecular weight excluding hydrogens is 524 g/mol. The Hall–Kier alpha value is -3.44. The summed E-state index contributed by atoms with van der Waals surface area (Å²) in [6.45, 7) is 1.38. The first-order valence-corrected chi connectivity index (χ1v) is 11.2. The standard InChI is InChI=1S/C25H18ClF6N3O2/c1-14(36)16-6-2-3-7-17(16)19-11-10-15(13-33-19)21-12-22(23(37,24(27,28)29)25(30,31)32)34-35(21)20-9-5-4-8-18(20)26/h2-11,13,21,37H,12H2,1H3. The molecule has 3 aromatic rings. The number of hydrogen-bond acceptors (Lipinski definition) is 5. The highest BCUT2D eigenvalue weighted by atomic mass is 35.5. The molecule has 1 aromatic heterocycles. The Bertz CT molecular complexity index is 1340. The summed E-state index contributed by atoms with van der Waals surface area (Å²) < 4.78 is 81.6. The number of benzene rings is 2. The van der Waals surface area contributed by atoms with E-state index in [4.69, 9.17) is 11.6 Å². The van der Waals surface area contributed by atoms with Crippen LogP contribution in [-0.2, 0) is 0 Å². The fourth-order valence-electron chi connectivity index (χ4n) is 4.11. The number of aromatic nitrogens is 1. The van der Waals surface area contributed by atoms with Gasteiger partial charge in [-0.25, -0.2) is 0 Å². The molecule has 0 aliphatic carbocycles. The normalized spacial score (nSPS) is 16.6. The van der Waals surface area contributed by atoms with Crippen LogP contribution in [-0.4, -0.2) is 39.5 Å². The first kappa shape index (κ1) is 26.6. The average molecular weight is 542 g/mol. The zero-order chi connectivity index (χ0) is 27.2. The molecule has 1 atom stereocenters. The molecule has 1 N–H and O–H groups in total. The van der Waals surface area contributed by atoms with Crippen LogP contribution in [0.25, 0.3) is 11.3 Å². The Morgan fingerprint density at radius 1 is 0.973 bits per heavy atom. The molecular formula is C25H18ClF6N3O2. The van der Waals surface area contributed by atoms with E-state index in [1.54, 1.807) is 24.3 Å². The Morgan fingerprint density at radius 3 is 2.16 bits per heavy atom. The molecule has 5 nitrogen and oxygen atoms in total. The van der Waals surface area contributed by atoms with Gasteiger partial charge in [-0.05, 0) is 30.7 Å². The van der Waals surface area contributed by atoms with Gasteiger partial charge in [-0.1, -0.05) is 54.1 Å². The topological polar surface area (TPSA) is 65.8 Å². The summed E-state index contributed by atoms with van der Waals surface area (Å²) in [5.41, 5.74) is -5.15. The minimum atomic E-state index is -6.08. The Morgan fingerprint density at radius 2 is 1.59 bits per heavy atom. The minimum Gasteiger partial charge on any atom is -0.369 e. The lowest BCUT2D eigenvalue weighted by molar-refractivity contribution is -0.338. The highest BCUT2D eigenvalue weighted by Gasteiger charge is 2.74. The summed E-state index contributed by atoms with van der Waals surface area (Å²) in [7, 11) is 0. The van der Waals surface area contributed by atoms with Crippen LogP contribution < -0.4 is 5.01 Å². The first-order valence-electron chi connectivity index (χ1n) is 10.8. The van der Waals surface area contributed by atoms with Gasteiger partial charge in [0.1, 0.15) is 0 Å². The average Bonchev–Trinajstić information content (AvgIpc) is 3.28. The van der Waals surface area contributed by atoms with E-state index >= 15 is 0 Å². The van der Waals surface area contributed by atoms with Crippen LogP contribution in [0.1, 0.15) is 35.3 Å². The van der Waals surface area contributed by atoms with Crippen LogP contribution in [0.2, 0.25) is 5.02 Å². The van der Waals surface area contributed by atoms with Gasteiger partial charge in [-0.2, -0.15) is 31.4 Å². The van der Waals surface area contributed by atoms with E-state index in [1.807, 2.05) is 0 Å². The maximum Gasteiger partial charge on any atom is 0.431 e. The number of aliphatic hydroxyl groups is 1. The number of hydrazone groups is 1. The van der Waals surface area contributed by atoms with Gasteiger partial charge in [0, 0.05) is 23.7 Å². The van der Waals surface area contributed by atoms with Crippen LogP contribution in [0, 0.1) is 0 Å². The molecule has 2 heterocycles. The maximum absolute atomic E-state index is 13.6. The summed E-state index contributed by atoms with van der Waals surface area (Å²) in [6.07, 6.45) is -11.8. The van der Waals surface area contributed by atoms with Crippen molar-refractivity contribution in [2.45, 2.75) is 37.3 Å². The quantitative estimate of drug-likeness (QED) is 0.286. The summed E-state index contributed by atoms with van der Waals surface area (Å²) in [5.74, 6) is -0.209. The Kier molecular flexibility index (Phi) is 6.80. The largest absolute Gasteiger partial charge is 0.431 e. The maximum atomic E-state index is 13.6. The Labute approximate surface area is 212 Å². The van der Waals surface area contributed by atoms with Crippen LogP contribution in [0.3, 0.4) is 0 Å². The molecule has 2 aromatic carbocycles. The highest BCUT2D eigenvalue weighted by molar-refractivity contribution is 6.33. The van der Waals surface area contributed by atoms with E-state index in [1.165, 1.54) is 49.5 Å². The van der Waals surface area contributed by atoms with Gasteiger partial charge in [0.2, 0.25) is 0 Å². The summed E-state index contributed by atoms with van der Waals surface area (Å²) in [6, 6.07) is 14.2. The second-order valence-corrected chi connectivity index (χ2v) is 8.75. The van der Waals surface area contributed by atoms with Crippen LogP contribution in [0.5, 0.6) is 0 Å². The van der Waals surface area contributed by atoms with Gasteiger partial charge in [-0.15, -0.1) is 0 Å². The molecule has 0 saturated carbocycles. The monoisotopic (exact) mass is 541 g/mol. The number of halogens is 7. The van der Waals surface area contributed by atoms with Crippen molar-refractivity contribution >= 4 is 28.8 Å². The fourth-order valence-corrected chi connectivity index (χ4v) is 4.33. The third kappa shape index (κ3) is 4.69. The Balaban J connectivity index is 1.80. The van der Waals surface area contributed by atoms with E-state index in [-0.39, 0.29) is 22.1 Å². The van der Waals surface area contributed by atoms with E-state index in [2.05, 4.69) is 10.1 Å². The van der Waals surface area contributed by atoms with E-state index in [0.717, 1.165) is 5.01 Å². The molecule has 0 radical (unpaired) electrons. The summed E-state index contributed by atoms with van der Waals surface area (Å²) in [5, 5.41) is 14.5. The summed E-state index contributed by atoms with van der Waals surface area (Å²) >= 11 is 6.19. The zero-order valence-corrected chi connectivity index (χ0v) is 19.7. The molecule has 1 unspecified atom stereocenters. The number of hydrogen-bond donors (Lipinski definition) is 1. The summed E-state index contributed by atoms with van der Waals surface area (Å²) in [4.78, 5) is 16.3. The van der Waals surface area contributed by atoms with E-state index < -0.39 is 36.1 Å². The first-order chi connectivity index (χ1) is 17.3. The van der Waals surface area contributed by atoms with Crippen molar-refractivity contribution in [3.05, 3.63) is 83.0 Å². The van der Waals surface area contributed by atoms with Crippen molar-refractivity contribution < 1.29 is 36.2 Å². The molecule has 1 aliphatic rings. The fraction of sp³-hybridized carbons (Fsp3) is 0.240. The van der Waals surface area contributed by atoms with Crippen molar-refractivity contribution in [3.8, 4) is 11.3 Å². The molecule has 0 fully saturated rings. The third-order valence-corrected chi connectivity index (χ3v) is 6.32. The number of alkyl halides is 6. The predicted molar refractivity (Wildman–Crippen MR) is 125 cm³/mol. The molecule has 4 rings (SSSR count). The highest BCUT2D eigenvalue weighted by Crippen LogP contribution is 2.49. The molecule has 1 aliphatic heterocycles. The predicted octanol–water partition coefficient (Wildman–Crippen LogP) is 6.77. The number of nitrogens with zero attached hydrogens (tertiary/aromatic N) is 3. The molecule has 0 bridgehead atoms. The van der Waals surface area contributed by atoms with Gasteiger partial charge >= 0.3 is 12.4 Å². The SMILES string of the molecule is CC(=O)c1ccccc1-c1ccc(C2CC(C(O)(C(F)(F)F)C(F)(F)F)=NN2c2ccccc2Cl)cn1. The molecule has 0 saturated heterocycles. The van der Waals surface area contributed by atoms with Gasteiger partial charge in [0.15, 0.2) is 5.78 Å². The zero-order valence-electron chi connectivity index (χ0n) is 19.0. The van der Waals surface area contributed by atoms with Crippen LogP contribution in [0.4, 0.5) is 32.0 Å². The number of ketones is 1. The molecule has 0 amide bonds. The molecule has 37 heavy (non-hydrogen) atoms. The van der Waals surface area contributed by atoms with Gasteiger partial charge in [-0.3, -0.25) is 14.8 Å². The smallest absolute Gasteiger partial charge is 0.369 e. The molecule has 12 heteroatoms. The lowest BCUT2D eigenvalue weighted by atomic mass is 9.90. The van der Waals surface area contributed by atoms with Crippen LogP contribution >= 0.6 is 11.6 Å². The van der Waals surface area contributed by atoms with Crippen molar-refractivity contribution in [2.75, 3.05) is 5.01 Å². The van der Waals surface area contributed by atoms with Gasteiger partial charge in [0.25, 0.3) is 5.60 Å². The van der Waals surface area contributed by atoms with Crippen molar-refractivity contribution in [1.29, 1.82) is 0 Å². The number of anilines is 1. The number of pyridine rings is 1. The number of carbonyl (C=O) groups excluding carboxylic acids is 1. The van der Waals surface area contributed by atoms with Gasteiger partial charge < -0.3 is 5.11 Å². The van der Waals surface area contributed by atoms with Crippen molar-refractivity contribution in [3.63, 3.8) is 0 Å². The number of para-hydroxylation sites is 1. The third-order valence-electron chi connectivity index (χ3n) is 6.00.